The zero-order chi connectivity index (χ0) is 36.7. The molecule has 2 aromatic heterocycles. The normalized spacial score (nSPS) is 19.6. The van der Waals surface area contributed by atoms with Crippen molar-refractivity contribution in [1.29, 1.82) is 0 Å². The lowest BCUT2D eigenvalue weighted by molar-refractivity contribution is 0.0401. The number of hydrogen-bond donors (Lipinski definition) is 0. The second kappa shape index (κ2) is 13.0. The highest BCUT2D eigenvalue weighted by molar-refractivity contribution is 7.32. The first-order valence-corrected chi connectivity index (χ1v) is 20.9. The smallest absolute Gasteiger partial charge is 0.387 e. The number of hydrogen-bond acceptors (Lipinski definition) is 8. The maximum atomic E-state index is 6.67. The van der Waals surface area contributed by atoms with Crippen molar-refractivity contribution in [3.05, 3.63) is 146 Å². The Morgan fingerprint density at radius 1 is 0.357 bits per heavy atom. The van der Waals surface area contributed by atoms with E-state index in [2.05, 4.69) is 121 Å². The molecule has 4 heterocycles. The summed E-state index contributed by atoms with van der Waals surface area (Å²) in [6.45, 7) is 0.582. The Kier molecular flexibility index (Phi) is 7.59. The SMILES string of the molecule is c1ccc2c(c1)ccc1op(O[C@@H]3CO[C@H]4[C@@H]3OC[C@H]4Op3oc4ccc5ccccc5c4c4c(ccc5ccccc54)o3)oc3ccc4ccccc4c3c12. The minimum Gasteiger partial charge on any atom is -0.399 e. The van der Waals surface area contributed by atoms with Gasteiger partial charge in [0.2, 0.25) is 0 Å². The molecule has 2 fully saturated rings. The number of rotatable bonds is 4. The highest BCUT2D eigenvalue weighted by atomic mass is 31.1. The molecule has 0 saturated carbocycles. The van der Waals surface area contributed by atoms with E-state index in [1.165, 1.54) is 0 Å². The standard InChI is InChI=1S/C46H32O8P2/c1-5-13-31-27(9-1)17-21-35-41(31)42-32-14-6-2-10-28(32)18-22-36(42)50-55(49-35)53-39-25-47-46-40(26-48-45(39)46)54-56-51-37-23-19-29-11-3-7-15-33(29)43(37)44-34-16-8-4-12-30(34)20-24-38(44)52-56/h1-24,39-40,45-46H,25-26H2/t39-,40-,45-,46-/m1/s1. The summed E-state index contributed by atoms with van der Waals surface area (Å²) < 4.78 is 52.7. The molecule has 4 atom stereocenters. The first-order valence-electron chi connectivity index (χ1n) is 18.7. The first kappa shape index (κ1) is 32.7. The quantitative estimate of drug-likeness (QED) is 0.175. The van der Waals surface area contributed by atoms with Gasteiger partial charge in [-0.05, 0) is 67.4 Å². The van der Waals surface area contributed by atoms with Crippen LogP contribution in [0.1, 0.15) is 0 Å². The summed E-state index contributed by atoms with van der Waals surface area (Å²) in [5.41, 5.74) is 2.84. The van der Waals surface area contributed by atoms with Gasteiger partial charge in [0.25, 0.3) is 0 Å². The van der Waals surface area contributed by atoms with Gasteiger partial charge in [-0.1, -0.05) is 121 Å². The Bertz CT molecular complexity index is 2870. The van der Waals surface area contributed by atoms with Gasteiger partial charge in [-0.25, -0.2) is 0 Å². The maximum Gasteiger partial charge on any atom is 0.387 e. The summed E-state index contributed by atoms with van der Waals surface area (Å²) in [6, 6.07) is 49.8. The molecule has 0 aliphatic carbocycles. The highest BCUT2D eigenvalue weighted by Crippen LogP contribution is 2.44. The third-order valence-corrected chi connectivity index (χ3v) is 13.4. The Labute approximate surface area is 321 Å². The van der Waals surface area contributed by atoms with E-state index in [0.717, 1.165) is 64.6 Å². The summed E-state index contributed by atoms with van der Waals surface area (Å²) in [6.07, 6.45) is -1.71. The zero-order valence-electron chi connectivity index (χ0n) is 29.7. The van der Waals surface area contributed by atoms with E-state index in [-0.39, 0.29) is 0 Å². The molecule has 8 aromatic carbocycles. The summed E-state index contributed by atoms with van der Waals surface area (Å²) >= 11 is 0. The molecule has 2 aliphatic heterocycles. The molecule has 0 bridgehead atoms. The van der Waals surface area contributed by atoms with E-state index >= 15 is 0 Å². The molecule has 12 rings (SSSR count). The van der Waals surface area contributed by atoms with Crippen LogP contribution < -0.4 is 9.05 Å². The summed E-state index contributed by atoms with van der Waals surface area (Å²) in [4.78, 5) is 0. The molecule has 0 spiro atoms. The average molecular weight is 775 g/mol. The molecule has 10 aromatic rings. The van der Waals surface area contributed by atoms with E-state index in [4.69, 9.17) is 35.3 Å². The van der Waals surface area contributed by atoms with Crippen LogP contribution in [-0.4, -0.2) is 37.6 Å². The lowest BCUT2D eigenvalue weighted by atomic mass is 9.99. The van der Waals surface area contributed by atoms with Gasteiger partial charge in [-0.15, -0.1) is 0 Å². The third-order valence-electron chi connectivity index (χ3n) is 11.2. The first-order chi connectivity index (χ1) is 27.7. The van der Waals surface area contributed by atoms with Crippen LogP contribution >= 0.6 is 16.5 Å². The Balaban J connectivity index is 0.916. The van der Waals surface area contributed by atoms with Crippen LogP contribution in [0.4, 0.5) is 0 Å². The molecular formula is C46H32O8P2. The largest absolute Gasteiger partial charge is 0.399 e. The van der Waals surface area contributed by atoms with Gasteiger partial charge in [0, 0.05) is 21.5 Å². The van der Waals surface area contributed by atoms with Crippen LogP contribution in [0.5, 0.6) is 0 Å². The monoisotopic (exact) mass is 774 g/mol. The zero-order valence-corrected chi connectivity index (χ0v) is 31.5. The number of fused-ring (bicyclic) bond motifs is 15. The molecule has 8 nitrogen and oxygen atoms in total. The fraction of sp³-hybridized carbons (Fsp3) is 0.130. The van der Waals surface area contributed by atoms with Gasteiger partial charge in [0.1, 0.15) is 46.7 Å². The van der Waals surface area contributed by atoms with Crippen molar-refractivity contribution in [3.63, 3.8) is 0 Å². The van der Waals surface area contributed by atoms with Crippen LogP contribution in [0, 0.1) is 0 Å². The highest BCUT2D eigenvalue weighted by Gasteiger charge is 2.50. The second-order valence-corrected chi connectivity index (χ2v) is 16.4. The van der Waals surface area contributed by atoms with Gasteiger partial charge < -0.3 is 26.3 Å². The van der Waals surface area contributed by atoms with E-state index < -0.39 is 40.9 Å². The minimum atomic E-state index is -1.88. The Morgan fingerprint density at radius 3 is 0.946 bits per heavy atom. The number of benzene rings is 8. The van der Waals surface area contributed by atoms with Gasteiger partial charge in [0.05, 0.1) is 13.2 Å². The average Bonchev–Trinajstić information content (AvgIpc) is 3.72. The van der Waals surface area contributed by atoms with Crippen LogP contribution in [-0.2, 0) is 9.47 Å². The molecule has 2 aliphatic rings. The van der Waals surface area contributed by atoms with Gasteiger partial charge in [-0.2, -0.15) is 0 Å². The minimum absolute atomic E-state index is 0.291. The molecule has 56 heavy (non-hydrogen) atoms. The molecule has 0 amide bonds. The van der Waals surface area contributed by atoms with Crippen LogP contribution in [0.25, 0.3) is 87.0 Å². The van der Waals surface area contributed by atoms with Crippen molar-refractivity contribution in [2.24, 2.45) is 0 Å². The van der Waals surface area contributed by atoms with Gasteiger partial charge in [-0.3, -0.25) is 9.05 Å². The molecule has 2 saturated heterocycles. The van der Waals surface area contributed by atoms with E-state index in [1.54, 1.807) is 0 Å². The summed E-state index contributed by atoms with van der Waals surface area (Å²) in [7, 11) is -3.77. The Morgan fingerprint density at radius 2 is 0.643 bits per heavy atom. The van der Waals surface area contributed by atoms with E-state index in [9.17, 15) is 0 Å². The molecule has 0 unspecified atom stereocenters. The van der Waals surface area contributed by atoms with Crippen molar-refractivity contribution in [1.82, 2.24) is 0 Å². The van der Waals surface area contributed by atoms with Crippen molar-refractivity contribution in [2.45, 2.75) is 24.4 Å². The van der Waals surface area contributed by atoms with Gasteiger partial charge in [0.15, 0.2) is 0 Å². The molecule has 274 valence electrons. The summed E-state index contributed by atoms with van der Waals surface area (Å²) in [5, 5.41) is 12.8. The summed E-state index contributed by atoms with van der Waals surface area (Å²) in [5.74, 6) is 0. The van der Waals surface area contributed by atoms with Crippen molar-refractivity contribution in [3.8, 4) is 0 Å². The van der Waals surface area contributed by atoms with Crippen molar-refractivity contribution >= 4 is 103 Å². The maximum absolute atomic E-state index is 6.67. The van der Waals surface area contributed by atoms with Crippen molar-refractivity contribution < 1.29 is 35.3 Å². The second-order valence-electron chi connectivity index (χ2n) is 14.3. The number of ether oxygens (including phenoxy) is 2. The predicted molar refractivity (Wildman–Crippen MR) is 223 cm³/mol. The molecule has 10 heteroatoms. The lowest BCUT2D eigenvalue weighted by Crippen LogP contribution is -2.35. The van der Waals surface area contributed by atoms with Crippen molar-refractivity contribution in [2.75, 3.05) is 13.2 Å². The molecule has 0 radical (unpaired) electrons. The van der Waals surface area contributed by atoms with E-state index in [0.29, 0.717) is 35.5 Å². The Hall–Kier alpha value is -5.56. The fourth-order valence-electron chi connectivity index (χ4n) is 8.62. The predicted octanol–water partition coefficient (Wildman–Crippen LogP) is 12.6. The van der Waals surface area contributed by atoms with Crippen LogP contribution in [0.2, 0.25) is 0 Å². The van der Waals surface area contributed by atoms with Crippen LogP contribution in [0.15, 0.2) is 162 Å². The topological polar surface area (TPSA) is 89.5 Å². The molecular weight excluding hydrogens is 742 g/mol. The molecule has 0 N–H and O–H groups in total. The van der Waals surface area contributed by atoms with Gasteiger partial charge >= 0.3 is 16.5 Å². The fourth-order valence-corrected chi connectivity index (χ4v) is 10.9. The third kappa shape index (κ3) is 5.23. The van der Waals surface area contributed by atoms with Crippen LogP contribution in [0.3, 0.4) is 0 Å². The van der Waals surface area contributed by atoms with E-state index in [1.807, 2.05) is 24.3 Å². The lowest BCUT2D eigenvalue weighted by Gasteiger charge is -2.15.